The molecule has 0 heterocycles. The van der Waals surface area contributed by atoms with Gasteiger partial charge in [0.05, 0.1) is 0 Å². The van der Waals surface area contributed by atoms with Gasteiger partial charge in [0.1, 0.15) is 0 Å². The average molecular weight is 313 g/mol. The Morgan fingerprint density at radius 1 is 0.750 bits per heavy atom. The molecule has 0 aliphatic rings. The van der Waals surface area contributed by atoms with Crippen molar-refractivity contribution < 1.29 is 94.4 Å². The Labute approximate surface area is 92.1 Å². The summed E-state index contributed by atoms with van der Waals surface area (Å²) in [6.45, 7) is 0. The predicted molar refractivity (Wildman–Crippen MR) is 2.62 cm³/mol. The third-order valence-electron chi connectivity index (χ3n) is 0. The maximum Gasteiger partial charge on any atom is 3.00 e. The third kappa shape index (κ3) is 8.82. The van der Waals surface area contributed by atoms with Crippen LogP contribution in [0.2, 0.25) is 0 Å². The molecular formula is HCe2O2+3. The molecule has 0 rings (SSSR count). The second-order valence-electron chi connectivity index (χ2n) is 0. The molecule has 0 amide bonds. The molecule has 18 valence electrons. The van der Waals surface area contributed by atoms with Gasteiger partial charge >= 0.3 is 83.5 Å². The minimum Gasteiger partial charge on any atom is -2.00 e. The fraction of sp³-hybridized carbons (Fsp3) is 0. The third-order valence-corrected chi connectivity index (χ3v) is 0. The summed E-state index contributed by atoms with van der Waals surface area (Å²) in [5.74, 6) is 0. The van der Waals surface area contributed by atoms with Crippen molar-refractivity contribution in [3.05, 3.63) is 0 Å². The van der Waals surface area contributed by atoms with Crippen LogP contribution in [-0.2, 0) is 5.48 Å². The first-order valence-corrected chi connectivity index (χ1v) is 0. The molecule has 0 fully saturated rings. The van der Waals surface area contributed by atoms with Crippen molar-refractivity contribution in [1.29, 1.82) is 0 Å². The van der Waals surface area contributed by atoms with Gasteiger partial charge in [-0.25, -0.2) is 0 Å². The first kappa shape index (κ1) is 30.1. The van der Waals surface area contributed by atoms with E-state index < -0.39 is 0 Å². The summed E-state index contributed by atoms with van der Waals surface area (Å²) in [6.07, 6.45) is 0. The van der Waals surface area contributed by atoms with Crippen LogP contribution in [0.4, 0.5) is 0 Å². The first-order chi connectivity index (χ1) is 0. The van der Waals surface area contributed by atoms with E-state index in [4.69, 9.17) is 0 Å². The molecule has 0 aliphatic heterocycles. The normalized spacial score (nSPS) is 0. The SMILES string of the molecule is [Ce+3].[Ce+3].[O-2].[OH-]. The summed E-state index contributed by atoms with van der Waals surface area (Å²) in [5, 5.41) is 0. The Bertz CT molecular complexity index is 4.00. The monoisotopic (exact) mass is 313 g/mol. The maximum atomic E-state index is 0. The minimum atomic E-state index is 0. The van der Waals surface area contributed by atoms with Gasteiger partial charge in [0.25, 0.3) is 0 Å². The molecule has 0 unspecified atom stereocenters. The summed E-state index contributed by atoms with van der Waals surface area (Å²) in [7, 11) is 0. The second-order valence-corrected chi connectivity index (χ2v) is 0. The standard InChI is InChI=1S/2Ce.H2O.O/h;;1H2;/q2*+3;;-2/p-1. The van der Waals surface area contributed by atoms with E-state index in [1.807, 2.05) is 0 Å². The van der Waals surface area contributed by atoms with Gasteiger partial charge in [-0.2, -0.15) is 0 Å². The van der Waals surface area contributed by atoms with Crippen molar-refractivity contribution >= 4 is 0 Å². The van der Waals surface area contributed by atoms with E-state index in [-0.39, 0.29) is 94.4 Å². The molecule has 4 heteroatoms. The van der Waals surface area contributed by atoms with Gasteiger partial charge in [-0.1, -0.05) is 0 Å². The molecule has 0 atom stereocenters. The summed E-state index contributed by atoms with van der Waals surface area (Å²) < 4.78 is 0. The molecule has 0 saturated carbocycles. The molecule has 2 radical (unpaired) electrons. The van der Waals surface area contributed by atoms with Gasteiger partial charge in [0, 0.05) is 0 Å². The van der Waals surface area contributed by atoms with E-state index in [0.717, 1.165) is 0 Å². The molecule has 0 bridgehead atoms. The van der Waals surface area contributed by atoms with E-state index in [9.17, 15) is 0 Å². The van der Waals surface area contributed by atoms with Crippen molar-refractivity contribution in [2.45, 2.75) is 0 Å². The maximum absolute atomic E-state index is 0. The van der Waals surface area contributed by atoms with Crippen LogP contribution >= 0.6 is 0 Å². The zero-order valence-corrected chi connectivity index (χ0v) is 8.14. The minimum absolute atomic E-state index is 0. The second kappa shape index (κ2) is 17.3. The Morgan fingerprint density at radius 2 is 0.750 bits per heavy atom. The van der Waals surface area contributed by atoms with Gasteiger partial charge in [0.15, 0.2) is 0 Å². The molecule has 4 heavy (non-hydrogen) atoms. The molecule has 0 aromatic heterocycles. The summed E-state index contributed by atoms with van der Waals surface area (Å²) in [4.78, 5) is 0. The van der Waals surface area contributed by atoms with Crippen LogP contribution in [0, 0.1) is 83.5 Å². The van der Waals surface area contributed by atoms with E-state index in [0.29, 0.717) is 0 Å². The van der Waals surface area contributed by atoms with E-state index in [1.165, 1.54) is 0 Å². The number of hydrogen-bond donors (Lipinski definition) is 0. The number of hydrogen-bond acceptors (Lipinski definition) is 1. The van der Waals surface area contributed by atoms with E-state index in [1.54, 1.807) is 0 Å². The summed E-state index contributed by atoms with van der Waals surface area (Å²) >= 11 is 0. The van der Waals surface area contributed by atoms with Gasteiger partial charge < -0.3 is 11.0 Å². The van der Waals surface area contributed by atoms with E-state index in [2.05, 4.69) is 0 Å². The number of rotatable bonds is 0. The molecule has 0 aliphatic carbocycles. The molecule has 0 saturated heterocycles. The smallest absolute Gasteiger partial charge is 2.00 e. The molecular weight excluding hydrogens is 312 g/mol. The Hall–Kier alpha value is 2.67. The van der Waals surface area contributed by atoms with Crippen LogP contribution in [0.5, 0.6) is 0 Å². The Kier molecular flexibility index (Phi) is 130. The zero-order valence-electron chi connectivity index (χ0n) is 1.86. The van der Waals surface area contributed by atoms with Crippen molar-refractivity contribution in [2.24, 2.45) is 0 Å². The van der Waals surface area contributed by atoms with Crippen molar-refractivity contribution in [2.75, 3.05) is 0 Å². The van der Waals surface area contributed by atoms with Crippen LogP contribution in [-0.4, -0.2) is 5.48 Å². The molecule has 0 spiro atoms. The van der Waals surface area contributed by atoms with Crippen molar-refractivity contribution in [3.8, 4) is 0 Å². The fourth-order valence-electron chi connectivity index (χ4n) is 0. The van der Waals surface area contributed by atoms with Gasteiger partial charge in [-0.15, -0.1) is 0 Å². The van der Waals surface area contributed by atoms with Crippen LogP contribution in [0.3, 0.4) is 0 Å². The average Bonchev–Trinajstić information content (AvgIpc) is 0. The molecule has 1 N–H and O–H groups in total. The molecule has 0 aromatic carbocycles. The first-order valence-electron chi connectivity index (χ1n) is 0. The van der Waals surface area contributed by atoms with Crippen LogP contribution in [0.1, 0.15) is 0 Å². The van der Waals surface area contributed by atoms with Gasteiger partial charge in [0.2, 0.25) is 0 Å². The topological polar surface area (TPSA) is 58.5 Å². The largest absolute Gasteiger partial charge is 3.00 e. The Balaban J connectivity index is 0. The van der Waals surface area contributed by atoms with Crippen molar-refractivity contribution in [3.63, 3.8) is 0 Å². The molecule has 2 nitrogen and oxygen atoms in total. The van der Waals surface area contributed by atoms with Crippen molar-refractivity contribution in [1.82, 2.24) is 0 Å². The summed E-state index contributed by atoms with van der Waals surface area (Å²) in [6, 6.07) is 0. The zero-order chi connectivity index (χ0) is 0. The molecule has 0 aromatic rings. The van der Waals surface area contributed by atoms with E-state index >= 15 is 0 Å². The van der Waals surface area contributed by atoms with Crippen LogP contribution in [0.15, 0.2) is 0 Å². The van der Waals surface area contributed by atoms with Crippen LogP contribution in [0.25, 0.3) is 0 Å². The predicted octanol–water partition coefficient (Wildman–Crippen LogP) is -0.296. The van der Waals surface area contributed by atoms with Gasteiger partial charge in [-0.3, -0.25) is 0 Å². The van der Waals surface area contributed by atoms with Crippen LogP contribution < -0.4 is 0 Å². The Morgan fingerprint density at radius 3 is 0.750 bits per heavy atom. The van der Waals surface area contributed by atoms with Gasteiger partial charge in [-0.05, 0) is 0 Å². The summed E-state index contributed by atoms with van der Waals surface area (Å²) in [5.41, 5.74) is 0. The fourth-order valence-corrected chi connectivity index (χ4v) is 0. The quantitative estimate of drug-likeness (QED) is 0.606.